The number of rotatable bonds is 11. The number of hydrogen-bond donors (Lipinski definition) is 11. The number of aliphatic hydroxyl groups is 7. The first-order valence-corrected chi connectivity index (χ1v) is 16.1. The molecule has 12 N–H and O–H groups in total. The smallest absolute Gasteiger partial charge is 0.445 e. The second-order valence-electron chi connectivity index (χ2n) is 12.6. The molecule has 294 valence electrons. The number of halogens is 3. The Morgan fingerprint density at radius 1 is 0.846 bits per heavy atom. The number of alkyl carbamates (subject to hydrolysis) is 1. The van der Waals surface area contributed by atoms with Crippen molar-refractivity contribution in [3.63, 3.8) is 0 Å². The van der Waals surface area contributed by atoms with E-state index in [9.17, 15) is 63.3 Å². The van der Waals surface area contributed by atoms with Crippen molar-refractivity contribution in [3.8, 4) is 0 Å². The summed E-state index contributed by atoms with van der Waals surface area (Å²) in [6.45, 7) is -0.424. The second kappa shape index (κ2) is 17.7. The number of ether oxygens (including phenoxy) is 5. The van der Waals surface area contributed by atoms with Crippen molar-refractivity contribution < 1.29 is 87.0 Å². The molecular formula is C30H43F3N4O15. The molecule has 2 aliphatic heterocycles. The zero-order valence-corrected chi connectivity index (χ0v) is 27.5. The standard InChI is InChI=1S/C30H43F3N4O15/c1-11(39)36-14-7-13(34)24(51-26-20(42)17(18(40)16(9-38)50-26)37-28(46)30(31,32)33)23(45)25(14)52-27-22(44)21(43)19(41)15(49-27)8-35-29(47)48-10-12-5-3-2-4-6-12/h2-6,13-27,38,40-45H,7-10,34H2,1H3,(H,35,47)(H,36,39)(H,37,46)/t13-,14?,15?,16?,17?,18-,19-,20?,21?,22?,23?,24?,25-,26-,27-/m1/s1. The molecule has 3 amide bonds. The van der Waals surface area contributed by atoms with Gasteiger partial charge in [0.15, 0.2) is 12.6 Å². The summed E-state index contributed by atoms with van der Waals surface area (Å²) >= 11 is 0. The molecule has 1 aromatic rings. The molecule has 2 saturated heterocycles. The van der Waals surface area contributed by atoms with Crippen molar-refractivity contribution in [2.45, 2.75) is 118 Å². The van der Waals surface area contributed by atoms with Crippen molar-refractivity contribution in [2.24, 2.45) is 5.73 Å². The maximum atomic E-state index is 13.0. The minimum absolute atomic E-state index is 0.0870. The summed E-state index contributed by atoms with van der Waals surface area (Å²) in [6, 6.07) is 4.22. The highest BCUT2D eigenvalue weighted by atomic mass is 19.4. The molecule has 1 saturated carbocycles. The topological polar surface area (TPSA) is 301 Å². The first-order valence-electron chi connectivity index (χ1n) is 16.1. The van der Waals surface area contributed by atoms with Crippen LogP contribution < -0.4 is 21.7 Å². The van der Waals surface area contributed by atoms with Crippen LogP contribution >= 0.6 is 0 Å². The summed E-state index contributed by atoms with van der Waals surface area (Å²) < 4.78 is 66.5. The predicted octanol–water partition coefficient (Wildman–Crippen LogP) is -4.43. The van der Waals surface area contributed by atoms with E-state index in [-0.39, 0.29) is 13.0 Å². The molecular weight excluding hydrogens is 713 g/mol. The lowest BCUT2D eigenvalue weighted by Gasteiger charge is -2.49. The number of carbonyl (C=O) groups is 3. The summed E-state index contributed by atoms with van der Waals surface area (Å²) in [4.78, 5) is 36.0. The highest BCUT2D eigenvalue weighted by Gasteiger charge is 2.54. The fourth-order valence-corrected chi connectivity index (χ4v) is 6.07. The largest absolute Gasteiger partial charge is 0.471 e. The van der Waals surface area contributed by atoms with Gasteiger partial charge in [-0.2, -0.15) is 13.2 Å². The predicted molar refractivity (Wildman–Crippen MR) is 163 cm³/mol. The minimum Gasteiger partial charge on any atom is -0.445 e. The monoisotopic (exact) mass is 756 g/mol. The Morgan fingerprint density at radius 2 is 1.46 bits per heavy atom. The Hall–Kier alpha value is -3.26. The van der Waals surface area contributed by atoms with Gasteiger partial charge >= 0.3 is 18.2 Å². The fraction of sp³-hybridized carbons (Fsp3) is 0.700. The van der Waals surface area contributed by atoms with Gasteiger partial charge in [0, 0.05) is 19.5 Å². The van der Waals surface area contributed by atoms with Crippen molar-refractivity contribution in [2.75, 3.05) is 13.2 Å². The molecule has 3 aliphatic rings. The molecule has 9 unspecified atom stereocenters. The van der Waals surface area contributed by atoms with Gasteiger partial charge < -0.3 is 81.1 Å². The Morgan fingerprint density at radius 3 is 2.08 bits per heavy atom. The zero-order chi connectivity index (χ0) is 38.5. The van der Waals surface area contributed by atoms with Crippen LogP contribution in [0.15, 0.2) is 30.3 Å². The maximum Gasteiger partial charge on any atom is 0.471 e. The Balaban J connectivity index is 1.48. The van der Waals surface area contributed by atoms with Gasteiger partial charge in [0.1, 0.15) is 67.6 Å². The summed E-state index contributed by atoms with van der Waals surface area (Å²) in [5, 5.41) is 80.5. The number of carbonyl (C=O) groups excluding carboxylic acids is 3. The number of benzene rings is 1. The van der Waals surface area contributed by atoms with Crippen molar-refractivity contribution >= 4 is 17.9 Å². The van der Waals surface area contributed by atoms with Crippen molar-refractivity contribution in [3.05, 3.63) is 35.9 Å². The quantitative estimate of drug-likeness (QED) is 0.102. The van der Waals surface area contributed by atoms with E-state index >= 15 is 0 Å². The van der Waals surface area contributed by atoms with Gasteiger partial charge in [-0.15, -0.1) is 0 Å². The third-order valence-electron chi connectivity index (χ3n) is 8.76. The molecule has 0 bridgehead atoms. The van der Waals surface area contributed by atoms with E-state index < -0.39 is 129 Å². The molecule has 4 rings (SSSR count). The van der Waals surface area contributed by atoms with Crippen LogP contribution in [-0.2, 0) is 39.9 Å². The number of aliphatic hydroxyl groups excluding tert-OH is 7. The molecule has 1 aliphatic carbocycles. The molecule has 1 aromatic carbocycles. The molecule has 3 fully saturated rings. The van der Waals surface area contributed by atoms with Crippen molar-refractivity contribution in [1.29, 1.82) is 0 Å². The molecule has 0 spiro atoms. The molecule has 2 heterocycles. The Bertz CT molecular complexity index is 1350. The van der Waals surface area contributed by atoms with E-state index in [2.05, 4.69) is 10.6 Å². The van der Waals surface area contributed by atoms with Crippen LogP contribution in [0.5, 0.6) is 0 Å². The van der Waals surface area contributed by atoms with Crippen LogP contribution in [0.3, 0.4) is 0 Å². The Kier molecular flexibility index (Phi) is 14.1. The third kappa shape index (κ3) is 10.0. The van der Waals surface area contributed by atoms with Gasteiger partial charge in [-0.25, -0.2) is 4.79 Å². The van der Waals surface area contributed by atoms with E-state index in [1.165, 1.54) is 5.32 Å². The number of amides is 3. The highest BCUT2D eigenvalue weighted by Crippen LogP contribution is 2.32. The van der Waals surface area contributed by atoms with Gasteiger partial charge in [-0.05, 0) is 12.0 Å². The fourth-order valence-electron chi connectivity index (χ4n) is 6.07. The lowest BCUT2D eigenvalue weighted by molar-refractivity contribution is -0.333. The number of nitrogens with one attached hydrogen (secondary N) is 3. The van der Waals surface area contributed by atoms with E-state index in [4.69, 9.17) is 29.4 Å². The zero-order valence-electron chi connectivity index (χ0n) is 27.5. The summed E-state index contributed by atoms with van der Waals surface area (Å²) in [6.07, 6.45) is -28.6. The second-order valence-corrected chi connectivity index (χ2v) is 12.6. The van der Waals surface area contributed by atoms with Gasteiger partial charge in [0.2, 0.25) is 5.91 Å². The van der Waals surface area contributed by atoms with Gasteiger partial charge in [-0.1, -0.05) is 30.3 Å². The van der Waals surface area contributed by atoms with Gasteiger partial charge in [0.05, 0.1) is 18.7 Å². The van der Waals surface area contributed by atoms with E-state index in [1.54, 1.807) is 30.3 Å². The van der Waals surface area contributed by atoms with Crippen LogP contribution in [0.2, 0.25) is 0 Å². The van der Waals surface area contributed by atoms with E-state index in [1.807, 2.05) is 0 Å². The average molecular weight is 757 g/mol. The van der Waals surface area contributed by atoms with Gasteiger partial charge in [-0.3, -0.25) is 9.59 Å². The molecule has 22 heteroatoms. The van der Waals surface area contributed by atoms with E-state index in [0.29, 0.717) is 5.56 Å². The van der Waals surface area contributed by atoms with Crippen LogP contribution in [-0.4, -0.2) is 165 Å². The minimum atomic E-state index is -5.41. The number of nitrogens with two attached hydrogens (primary N) is 1. The summed E-state index contributed by atoms with van der Waals surface area (Å²) in [5.74, 6) is -3.15. The lowest BCUT2D eigenvalue weighted by Crippen LogP contribution is -2.70. The number of alkyl halides is 3. The molecule has 15 atom stereocenters. The van der Waals surface area contributed by atoms with Crippen LogP contribution in [0.1, 0.15) is 18.9 Å². The Labute approximate surface area is 293 Å². The van der Waals surface area contributed by atoms with Crippen molar-refractivity contribution in [1.82, 2.24) is 16.0 Å². The molecule has 0 radical (unpaired) electrons. The van der Waals surface area contributed by atoms with Gasteiger partial charge in [0.25, 0.3) is 0 Å². The summed E-state index contributed by atoms with van der Waals surface area (Å²) in [7, 11) is 0. The molecule has 0 aromatic heterocycles. The third-order valence-corrected chi connectivity index (χ3v) is 8.76. The average Bonchev–Trinajstić information content (AvgIpc) is 3.09. The highest BCUT2D eigenvalue weighted by molar-refractivity contribution is 5.82. The first-order chi connectivity index (χ1) is 24.4. The molecule has 52 heavy (non-hydrogen) atoms. The lowest BCUT2D eigenvalue weighted by atomic mass is 9.83. The summed E-state index contributed by atoms with van der Waals surface area (Å²) in [5.41, 5.74) is 6.91. The van der Waals surface area contributed by atoms with Crippen LogP contribution in [0.25, 0.3) is 0 Å². The SMILES string of the molecule is CC(=O)NC1C[C@@H](N)C(O[C@H]2OC(CO)[C@@H](O)C(NC(=O)C(F)(F)F)C2O)C(O)[C@@H]1O[C@H]1OC(CNC(=O)OCc2ccccc2)[C@@H](O)C(O)C1O. The van der Waals surface area contributed by atoms with Crippen LogP contribution in [0.4, 0.5) is 18.0 Å². The molecule has 19 nitrogen and oxygen atoms in total. The maximum absolute atomic E-state index is 13.0. The number of hydrogen-bond acceptors (Lipinski definition) is 16. The normalized spacial score (nSPS) is 38.2. The first kappa shape index (κ1) is 41.5. The van der Waals surface area contributed by atoms with E-state index in [0.717, 1.165) is 6.92 Å². The van der Waals surface area contributed by atoms with Crippen LogP contribution in [0, 0.1) is 0 Å².